The van der Waals surface area contributed by atoms with Gasteiger partial charge in [-0.2, -0.15) is 15.0 Å². The van der Waals surface area contributed by atoms with Crippen molar-refractivity contribution in [2.45, 2.75) is 19.3 Å². The molecule has 0 bridgehead atoms. The molecule has 0 saturated carbocycles. The van der Waals surface area contributed by atoms with E-state index in [0.29, 0.717) is 24.9 Å². The molecule has 0 amide bonds. The third-order valence-electron chi connectivity index (χ3n) is 2.85. The highest BCUT2D eigenvalue weighted by Gasteiger charge is 2.16. The van der Waals surface area contributed by atoms with Gasteiger partial charge in [-0.05, 0) is 19.3 Å². The van der Waals surface area contributed by atoms with E-state index in [2.05, 4.69) is 30.5 Å². The van der Waals surface area contributed by atoms with E-state index >= 15 is 0 Å². The summed E-state index contributed by atoms with van der Waals surface area (Å²) in [6.07, 6.45) is 3.06. The average molecular weight is 252 g/mol. The zero-order valence-corrected chi connectivity index (χ0v) is 10.7. The van der Waals surface area contributed by atoms with Gasteiger partial charge >= 0.3 is 0 Å². The molecule has 1 aliphatic heterocycles. The number of nitrogens with one attached hydrogen (secondary N) is 2. The van der Waals surface area contributed by atoms with Crippen molar-refractivity contribution in [3.8, 4) is 0 Å². The molecule has 0 atom stereocenters. The number of hydrogen-bond donors (Lipinski definition) is 3. The number of anilines is 3. The van der Waals surface area contributed by atoms with Crippen LogP contribution in [0.15, 0.2) is 0 Å². The molecule has 18 heavy (non-hydrogen) atoms. The Balaban J connectivity index is 2.10. The van der Waals surface area contributed by atoms with E-state index in [4.69, 9.17) is 5.11 Å². The second-order valence-electron chi connectivity index (χ2n) is 4.23. The molecule has 7 heteroatoms. The summed E-state index contributed by atoms with van der Waals surface area (Å²) in [4.78, 5) is 15.2. The Kier molecular flexibility index (Phi) is 4.52. The second kappa shape index (κ2) is 6.34. The van der Waals surface area contributed by atoms with Crippen LogP contribution < -0.4 is 15.5 Å². The molecular formula is C11H20N6O. The van der Waals surface area contributed by atoms with Crippen LogP contribution in [0, 0.1) is 0 Å². The Hall–Kier alpha value is -1.63. The van der Waals surface area contributed by atoms with Gasteiger partial charge in [-0.1, -0.05) is 0 Å². The van der Waals surface area contributed by atoms with Crippen molar-refractivity contribution >= 4 is 17.8 Å². The van der Waals surface area contributed by atoms with E-state index in [9.17, 15) is 0 Å². The van der Waals surface area contributed by atoms with E-state index in [1.807, 2.05) is 0 Å². The van der Waals surface area contributed by atoms with Gasteiger partial charge in [0.2, 0.25) is 17.8 Å². The molecule has 1 saturated heterocycles. The van der Waals surface area contributed by atoms with E-state index in [0.717, 1.165) is 19.0 Å². The zero-order valence-electron chi connectivity index (χ0n) is 10.7. The lowest BCUT2D eigenvalue weighted by molar-refractivity contribution is 0.292. The first-order chi connectivity index (χ1) is 8.83. The molecule has 1 aromatic heterocycles. The van der Waals surface area contributed by atoms with E-state index in [1.54, 1.807) is 7.05 Å². The number of aromatic nitrogens is 3. The molecule has 0 unspecified atom stereocenters. The van der Waals surface area contributed by atoms with Crippen LogP contribution in [0.5, 0.6) is 0 Å². The van der Waals surface area contributed by atoms with E-state index in [1.165, 1.54) is 12.8 Å². The third kappa shape index (κ3) is 3.19. The minimum Gasteiger partial charge on any atom is -0.396 e. The third-order valence-corrected chi connectivity index (χ3v) is 2.85. The lowest BCUT2D eigenvalue weighted by atomic mass is 10.4. The largest absolute Gasteiger partial charge is 0.396 e. The molecule has 3 N–H and O–H groups in total. The van der Waals surface area contributed by atoms with Crippen LogP contribution in [0.25, 0.3) is 0 Å². The fourth-order valence-corrected chi connectivity index (χ4v) is 1.89. The molecule has 2 rings (SSSR count). The summed E-state index contributed by atoms with van der Waals surface area (Å²) in [5, 5.41) is 14.8. The summed E-state index contributed by atoms with van der Waals surface area (Å²) in [5.74, 6) is 1.85. The summed E-state index contributed by atoms with van der Waals surface area (Å²) in [7, 11) is 1.79. The van der Waals surface area contributed by atoms with Crippen LogP contribution in [0.3, 0.4) is 0 Å². The number of nitrogens with zero attached hydrogens (tertiary/aromatic N) is 4. The zero-order chi connectivity index (χ0) is 12.8. The quantitative estimate of drug-likeness (QED) is 0.628. The predicted molar refractivity (Wildman–Crippen MR) is 71.0 cm³/mol. The van der Waals surface area contributed by atoms with Gasteiger partial charge in [0, 0.05) is 33.3 Å². The maximum absolute atomic E-state index is 8.76. The smallest absolute Gasteiger partial charge is 0.231 e. The van der Waals surface area contributed by atoms with Crippen molar-refractivity contribution < 1.29 is 5.11 Å². The van der Waals surface area contributed by atoms with Crippen LogP contribution >= 0.6 is 0 Å². The van der Waals surface area contributed by atoms with Crippen molar-refractivity contribution in [1.82, 2.24) is 15.0 Å². The Bertz CT molecular complexity index is 380. The molecule has 0 aromatic carbocycles. The first-order valence-electron chi connectivity index (χ1n) is 6.37. The van der Waals surface area contributed by atoms with E-state index in [-0.39, 0.29) is 6.61 Å². The lowest BCUT2D eigenvalue weighted by Crippen LogP contribution is -2.22. The number of aliphatic hydroxyl groups is 1. The number of hydrogen-bond acceptors (Lipinski definition) is 7. The van der Waals surface area contributed by atoms with Gasteiger partial charge in [-0.25, -0.2) is 0 Å². The Morgan fingerprint density at radius 1 is 1.17 bits per heavy atom. The highest BCUT2D eigenvalue weighted by molar-refractivity contribution is 5.43. The SMILES string of the molecule is CNc1nc(NCCCO)nc(N2CCCC2)n1. The first-order valence-corrected chi connectivity index (χ1v) is 6.37. The molecule has 0 radical (unpaired) electrons. The Labute approximate surface area is 107 Å². The topological polar surface area (TPSA) is 86.2 Å². The van der Waals surface area contributed by atoms with Crippen molar-refractivity contribution in [2.24, 2.45) is 0 Å². The molecule has 1 fully saturated rings. The van der Waals surface area contributed by atoms with Gasteiger partial charge in [0.25, 0.3) is 0 Å². The van der Waals surface area contributed by atoms with Crippen LogP contribution in [-0.4, -0.2) is 53.3 Å². The highest BCUT2D eigenvalue weighted by Crippen LogP contribution is 2.18. The Morgan fingerprint density at radius 3 is 2.56 bits per heavy atom. The standard InChI is InChI=1S/C11H20N6O/c1-12-9-14-10(13-5-4-8-18)16-11(15-9)17-6-2-3-7-17/h18H,2-8H2,1H3,(H2,12,13,14,15,16). The van der Waals surface area contributed by atoms with Crippen LogP contribution in [-0.2, 0) is 0 Å². The van der Waals surface area contributed by atoms with Crippen molar-refractivity contribution in [1.29, 1.82) is 0 Å². The molecule has 1 aliphatic rings. The van der Waals surface area contributed by atoms with E-state index < -0.39 is 0 Å². The van der Waals surface area contributed by atoms with Gasteiger partial charge < -0.3 is 20.6 Å². The molecular weight excluding hydrogens is 232 g/mol. The molecule has 0 aliphatic carbocycles. The van der Waals surface area contributed by atoms with Crippen LogP contribution in [0.4, 0.5) is 17.8 Å². The molecule has 7 nitrogen and oxygen atoms in total. The summed E-state index contributed by atoms with van der Waals surface area (Å²) < 4.78 is 0. The average Bonchev–Trinajstić information content (AvgIpc) is 2.92. The van der Waals surface area contributed by atoms with Gasteiger partial charge in [0.15, 0.2) is 0 Å². The van der Waals surface area contributed by atoms with Gasteiger partial charge in [0.1, 0.15) is 0 Å². The van der Waals surface area contributed by atoms with Crippen molar-refractivity contribution in [2.75, 3.05) is 48.8 Å². The summed E-state index contributed by atoms with van der Waals surface area (Å²) in [6, 6.07) is 0. The van der Waals surface area contributed by atoms with Gasteiger partial charge in [0.05, 0.1) is 0 Å². The maximum atomic E-state index is 8.76. The Morgan fingerprint density at radius 2 is 1.89 bits per heavy atom. The fraction of sp³-hybridized carbons (Fsp3) is 0.727. The number of aliphatic hydroxyl groups excluding tert-OH is 1. The number of rotatable bonds is 6. The van der Waals surface area contributed by atoms with Crippen LogP contribution in [0.1, 0.15) is 19.3 Å². The van der Waals surface area contributed by atoms with Gasteiger partial charge in [-0.15, -0.1) is 0 Å². The minimum atomic E-state index is 0.163. The monoisotopic (exact) mass is 252 g/mol. The summed E-state index contributed by atoms with van der Waals surface area (Å²) >= 11 is 0. The second-order valence-corrected chi connectivity index (χ2v) is 4.23. The van der Waals surface area contributed by atoms with Crippen molar-refractivity contribution in [3.63, 3.8) is 0 Å². The van der Waals surface area contributed by atoms with Crippen molar-refractivity contribution in [3.05, 3.63) is 0 Å². The first kappa shape index (κ1) is 12.8. The normalized spacial score (nSPS) is 14.9. The minimum absolute atomic E-state index is 0.163. The van der Waals surface area contributed by atoms with Crippen LogP contribution in [0.2, 0.25) is 0 Å². The molecule has 100 valence electrons. The lowest BCUT2D eigenvalue weighted by Gasteiger charge is -2.16. The molecule has 0 spiro atoms. The van der Waals surface area contributed by atoms with Gasteiger partial charge in [-0.3, -0.25) is 0 Å². The summed E-state index contributed by atoms with van der Waals surface area (Å²) in [6.45, 7) is 2.82. The maximum Gasteiger partial charge on any atom is 0.231 e. The highest BCUT2D eigenvalue weighted by atomic mass is 16.3. The molecule has 1 aromatic rings. The summed E-state index contributed by atoms with van der Waals surface area (Å²) in [5.41, 5.74) is 0. The molecule has 2 heterocycles. The fourth-order valence-electron chi connectivity index (χ4n) is 1.89. The predicted octanol–water partition coefficient (Wildman–Crippen LogP) is 0.308.